The summed E-state index contributed by atoms with van der Waals surface area (Å²) in [6.07, 6.45) is 2.30. The second kappa shape index (κ2) is 6.03. The van der Waals surface area contributed by atoms with Crippen molar-refractivity contribution in [1.82, 2.24) is 9.97 Å². The van der Waals surface area contributed by atoms with Gasteiger partial charge in [0.25, 0.3) is 5.91 Å². The first-order chi connectivity index (χ1) is 8.70. The maximum Gasteiger partial charge on any atom is 0.276 e. The number of amides is 1. The molecule has 0 aliphatic carbocycles. The number of carbonyl (C=O) groups is 1. The summed E-state index contributed by atoms with van der Waals surface area (Å²) in [6, 6.07) is 3.59. The Bertz CT molecular complexity index is 557. The number of pyridine rings is 1. The minimum atomic E-state index is -0.270. The Hall–Kier alpha value is -1.31. The third-order valence-corrected chi connectivity index (χ3v) is 3.68. The number of rotatable bonds is 4. The van der Waals surface area contributed by atoms with E-state index >= 15 is 0 Å². The van der Waals surface area contributed by atoms with Gasteiger partial charge in [-0.2, -0.15) is 0 Å². The summed E-state index contributed by atoms with van der Waals surface area (Å²) in [7, 11) is 0. The number of carbonyl (C=O) groups excluding carboxylic acids is 1. The van der Waals surface area contributed by atoms with E-state index in [9.17, 15) is 4.79 Å². The number of nitrogens with two attached hydrogens (primary N) is 1. The molecule has 0 bridgehead atoms. The summed E-state index contributed by atoms with van der Waals surface area (Å²) >= 11 is 4.75. The third kappa shape index (κ3) is 3.12. The van der Waals surface area contributed by atoms with Crippen molar-refractivity contribution >= 4 is 39.0 Å². The number of nitrogens with zero attached hydrogens (tertiary/aromatic N) is 2. The van der Waals surface area contributed by atoms with Crippen LogP contribution in [-0.4, -0.2) is 22.4 Å². The maximum absolute atomic E-state index is 11.9. The van der Waals surface area contributed by atoms with Crippen LogP contribution in [0.3, 0.4) is 0 Å². The molecule has 3 N–H and O–H groups in total. The molecule has 0 unspecified atom stereocenters. The summed E-state index contributed by atoms with van der Waals surface area (Å²) in [5.41, 5.74) is 5.83. The minimum Gasteiger partial charge on any atom is -0.330 e. The van der Waals surface area contributed by atoms with Crippen molar-refractivity contribution in [1.29, 1.82) is 0 Å². The fourth-order valence-electron chi connectivity index (χ4n) is 1.30. The summed E-state index contributed by atoms with van der Waals surface area (Å²) in [4.78, 5) is 20.2. The van der Waals surface area contributed by atoms with Gasteiger partial charge in [-0.15, -0.1) is 11.3 Å². The van der Waals surface area contributed by atoms with Crippen LogP contribution in [0.25, 0.3) is 0 Å². The minimum absolute atomic E-state index is 0.270. The Morgan fingerprint density at radius 2 is 2.39 bits per heavy atom. The topological polar surface area (TPSA) is 80.9 Å². The standard InChI is InChI=1S/C11H11BrN4OS/c12-7-2-1-5-14-10(7)16-11(17)8-6-18-9(15-8)3-4-13/h1-2,5-6H,3-4,13H2,(H,14,16,17). The Morgan fingerprint density at radius 1 is 1.56 bits per heavy atom. The predicted octanol–water partition coefficient (Wildman–Crippen LogP) is 2.05. The highest BCUT2D eigenvalue weighted by Gasteiger charge is 2.12. The fraction of sp³-hybridized carbons (Fsp3) is 0.182. The van der Waals surface area contributed by atoms with Crippen molar-refractivity contribution in [3.05, 3.63) is 38.9 Å². The number of hydrogen-bond acceptors (Lipinski definition) is 5. The zero-order valence-electron chi connectivity index (χ0n) is 9.39. The molecule has 0 aliphatic rings. The van der Waals surface area contributed by atoms with Crippen LogP contribution in [0, 0.1) is 0 Å². The molecule has 94 valence electrons. The van der Waals surface area contributed by atoms with Crippen molar-refractivity contribution < 1.29 is 4.79 Å². The Balaban J connectivity index is 2.10. The molecule has 2 aromatic heterocycles. The number of hydrogen-bond donors (Lipinski definition) is 2. The highest BCUT2D eigenvalue weighted by molar-refractivity contribution is 9.10. The molecule has 0 saturated heterocycles. The van der Waals surface area contributed by atoms with Gasteiger partial charge < -0.3 is 11.1 Å². The van der Waals surface area contributed by atoms with Crippen LogP contribution in [0.5, 0.6) is 0 Å². The molecular formula is C11H11BrN4OS. The molecule has 0 spiro atoms. The van der Waals surface area contributed by atoms with E-state index in [0.717, 1.165) is 9.48 Å². The molecule has 18 heavy (non-hydrogen) atoms. The lowest BCUT2D eigenvalue weighted by Crippen LogP contribution is -2.14. The van der Waals surface area contributed by atoms with Gasteiger partial charge in [-0.1, -0.05) is 0 Å². The van der Waals surface area contributed by atoms with E-state index in [1.807, 2.05) is 6.07 Å². The Kier molecular flexibility index (Phi) is 4.40. The van der Waals surface area contributed by atoms with Crippen molar-refractivity contribution in [3.8, 4) is 0 Å². The van der Waals surface area contributed by atoms with Crippen LogP contribution in [0.2, 0.25) is 0 Å². The number of anilines is 1. The van der Waals surface area contributed by atoms with Gasteiger partial charge in [0.2, 0.25) is 0 Å². The highest BCUT2D eigenvalue weighted by Crippen LogP contribution is 2.19. The van der Waals surface area contributed by atoms with Gasteiger partial charge in [-0.25, -0.2) is 9.97 Å². The first-order valence-corrected chi connectivity index (χ1v) is 6.94. The zero-order valence-corrected chi connectivity index (χ0v) is 11.8. The summed E-state index contributed by atoms with van der Waals surface area (Å²) in [6.45, 7) is 0.528. The van der Waals surface area contributed by atoms with Crippen molar-refractivity contribution in [2.45, 2.75) is 6.42 Å². The van der Waals surface area contributed by atoms with Gasteiger partial charge in [0.1, 0.15) is 11.5 Å². The zero-order chi connectivity index (χ0) is 13.0. The Labute approximate surface area is 117 Å². The van der Waals surface area contributed by atoms with Crippen LogP contribution in [0.1, 0.15) is 15.5 Å². The van der Waals surface area contributed by atoms with Gasteiger partial charge in [0, 0.05) is 18.0 Å². The van der Waals surface area contributed by atoms with E-state index in [1.165, 1.54) is 11.3 Å². The van der Waals surface area contributed by atoms with E-state index in [4.69, 9.17) is 5.73 Å². The van der Waals surface area contributed by atoms with Crippen LogP contribution >= 0.6 is 27.3 Å². The van der Waals surface area contributed by atoms with E-state index in [2.05, 4.69) is 31.2 Å². The van der Waals surface area contributed by atoms with Gasteiger partial charge in [-0.3, -0.25) is 4.79 Å². The summed E-state index contributed by atoms with van der Waals surface area (Å²) in [5.74, 6) is 0.213. The molecule has 0 aliphatic heterocycles. The lowest BCUT2D eigenvalue weighted by Gasteiger charge is -2.03. The summed E-state index contributed by atoms with van der Waals surface area (Å²) < 4.78 is 0.732. The average Bonchev–Trinajstić information content (AvgIpc) is 2.81. The predicted molar refractivity (Wildman–Crippen MR) is 74.8 cm³/mol. The quantitative estimate of drug-likeness (QED) is 0.901. The van der Waals surface area contributed by atoms with Crippen molar-refractivity contribution in [2.24, 2.45) is 5.73 Å². The van der Waals surface area contributed by atoms with Gasteiger partial charge in [0.05, 0.1) is 9.48 Å². The third-order valence-electron chi connectivity index (χ3n) is 2.13. The van der Waals surface area contributed by atoms with Gasteiger partial charge in [-0.05, 0) is 34.6 Å². The van der Waals surface area contributed by atoms with E-state index in [0.29, 0.717) is 24.5 Å². The highest BCUT2D eigenvalue weighted by atomic mass is 79.9. The first kappa shape index (κ1) is 13.1. The fourth-order valence-corrected chi connectivity index (χ4v) is 2.45. The van der Waals surface area contributed by atoms with Crippen LogP contribution in [0.4, 0.5) is 5.82 Å². The van der Waals surface area contributed by atoms with Crippen LogP contribution in [0.15, 0.2) is 28.2 Å². The SMILES string of the molecule is NCCc1nc(C(=O)Nc2ncccc2Br)cs1. The summed E-state index contributed by atoms with van der Waals surface area (Å²) in [5, 5.41) is 5.28. The normalized spacial score (nSPS) is 10.3. The van der Waals surface area contributed by atoms with E-state index in [1.54, 1.807) is 17.6 Å². The molecule has 5 nitrogen and oxygen atoms in total. The molecule has 1 amide bonds. The number of thiazole rings is 1. The van der Waals surface area contributed by atoms with Gasteiger partial charge in [0.15, 0.2) is 0 Å². The number of halogens is 1. The lowest BCUT2D eigenvalue weighted by atomic mass is 10.4. The van der Waals surface area contributed by atoms with Crippen LogP contribution in [-0.2, 0) is 6.42 Å². The van der Waals surface area contributed by atoms with Crippen molar-refractivity contribution in [3.63, 3.8) is 0 Å². The molecule has 2 rings (SSSR count). The lowest BCUT2D eigenvalue weighted by molar-refractivity contribution is 0.102. The molecule has 0 atom stereocenters. The Morgan fingerprint density at radius 3 is 3.11 bits per heavy atom. The first-order valence-electron chi connectivity index (χ1n) is 5.27. The van der Waals surface area contributed by atoms with Crippen LogP contribution < -0.4 is 11.1 Å². The monoisotopic (exact) mass is 326 g/mol. The smallest absolute Gasteiger partial charge is 0.276 e. The molecule has 0 radical (unpaired) electrons. The molecule has 7 heteroatoms. The van der Waals surface area contributed by atoms with Gasteiger partial charge >= 0.3 is 0 Å². The second-order valence-electron chi connectivity index (χ2n) is 3.45. The van der Waals surface area contributed by atoms with E-state index < -0.39 is 0 Å². The number of aromatic nitrogens is 2. The van der Waals surface area contributed by atoms with E-state index in [-0.39, 0.29) is 5.91 Å². The maximum atomic E-state index is 11.9. The molecule has 2 heterocycles. The molecule has 0 fully saturated rings. The molecule has 0 aromatic carbocycles. The molecule has 0 saturated carbocycles. The largest absolute Gasteiger partial charge is 0.330 e. The molecule has 2 aromatic rings. The molecular weight excluding hydrogens is 316 g/mol. The van der Waals surface area contributed by atoms with Crippen molar-refractivity contribution in [2.75, 3.05) is 11.9 Å². The number of nitrogens with one attached hydrogen (secondary N) is 1. The average molecular weight is 327 g/mol. The second-order valence-corrected chi connectivity index (χ2v) is 5.25.